The first-order valence-corrected chi connectivity index (χ1v) is 11.9. The molecule has 0 saturated carbocycles. The lowest BCUT2D eigenvalue weighted by Gasteiger charge is -2.32. The third kappa shape index (κ3) is 5.06. The number of amides is 1. The van der Waals surface area contributed by atoms with E-state index in [1.54, 1.807) is 11.3 Å². The molecular weight excluding hydrogens is 410 g/mol. The molecule has 0 radical (unpaired) electrons. The van der Waals surface area contributed by atoms with Crippen LogP contribution >= 0.6 is 11.3 Å². The summed E-state index contributed by atoms with van der Waals surface area (Å²) in [5.41, 5.74) is 2.36. The van der Waals surface area contributed by atoms with Crippen LogP contribution in [-0.4, -0.2) is 42.6 Å². The van der Waals surface area contributed by atoms with Gasteiger partial charge >= 0.3 is 5.19 Å². The summed E-state index contributed by atoms with van der Waals surface area (Å²) in [6.07, 6.45) is 3.58. The number of aromatic nitrogens is 1. The van der Waals surface area contributed by atoms with Gasteiger partial charge in [-0.15, -0.1) is 0 Å². The molecule has 1 amide bonds. The quantitative estimate of drug-likeness (QED) is 0.636. The molecule has 6 nitrogen and oxygen atoms in total. The Bertz CT molecular complexity index is 989. The van der Waals surface area contributed by atoms with E-state index in [0.717, 1.165) is 61.8 Å². The topological polar surface area (TPSA) is 64.9 Å². The molecule has 2 N–H and O–H groups in total. The molecule has 2 fully saturated rings. The molecular formula is C24H28N3O3S+. The molecule has 162 valence electrons. The van der Waals surface area contributed by atoms with Gasteiger partial charge in [0.25, 0.3) is 0 Å². The van der Waals surface area contributed by atoms with Crippen LogP contribution in [0, 0.1) is 0 Å². The Labute approximate surface area is 186 Å². The van der Waals surface area contributed by atoms with E-state index in [-0.39, 0.29) is 18.1 Å². The molecule has 0 spiro atoms. The van der Waals surface area contributed by atoms with Gasteiger partial charge in [-0.3, -0.25) is 9.69 Å². The van der Waals surface area contributed by atoms with Gasteiger partial charge in [0.1, 0.15) is 16.6 Å². The number of nitrogens with one attached hydrogen (secondary N) is 2. The highest BCUT2D eigenvalue weighted by molar-refractivity contribution is 7.19. The third-order valence-corrected chi connectivity index (χ3v) is 6.97. The second-order valence-corrected chi connectivity index (χ2v) is 9.33. The van der Waals surface area contributed by atoms with E-state index in [1.807, 2.05) is 24.3 Å². The number of carbonyl (C=O) groups excluding carboxylic acids is 1. The van der Waals surface area contributed by atoms with Gasteiger partial charge in [-0.2, -0.15) is 4.98 Å². The van der Waals surface area contributed by atoms with Gasteiger partial charge in [0, 0.05) is 38.3 Å². The summed E-state index contributed by atoms with van der Waals surface area (Å²) < 4.78 is 12.7. The number of benzene rings is 2. The lowest BCUT2D eigenvalue weighted by Crippen LogP contribution is -2.47. The largest absolute Gasteiger partial charge is 0.435 e. The van der Waals surface area contributed by atoms with Crippen LogP contribution in [0.3, 0.4) is 0 Å². The number of para-hydroxylation sites is 1. The minimum absolute atomic E-state index is 0.0717. The summed E-state index contributed by atoms with van der Waals surface area (Å²) in [4.78, 5) is 18.0. The zero-order valence-corrected chi connectivity index (χ0v) is 18.3. The first kappa shape index (κ1) is 20.4. The predicted octanol–water partition coefficient (Wildman–Crippen LogP) is 3.77. The Morgan fingerprint density at radius 3 is 2.68 bits per heavy atom. The highest BCUT2D eigenvalue weighted by Gasteiger charge is 2.27. The Morgan fingerprint density at radius 2 is 1.94 bits per heavy atom. The van der Waals surface area contributed by atoms with Gasteiger partial charge in [-0.1, -0.05) is 24.3 Å². The third-order valence-electron chi connectivity index (χ3n) is 6.02. The number of likely N-dealkylation sites (tertiary alicyclic amines) is 1. The van der Waals surface area contributed by atoms with Crippen LogP contribution in [0.25, 0.3) is 10.2 Å². The molecule has 1 unspecified atom stereocenters. The maximum Gasteiger partial charge on any atom is 0.435 e. The second kappa shape index (κ2) is 9.34. The lowest BCUT2D eigenvalue weighted by atomic mass is 10.0. The summed E-state index contributed by atoms with van der Waals surface area (Å²) in [5, 5.41) is 3.97. The normalized spacial score (nSPS) is 20.2. The zero-order valence-electron chi connectivity index (χ0n) is 17.5. The van der Waals surface area contributed by atoms with Crippen LogP contribution in [0.4, 0.5) is 0 Å². The van der Waals surface area contributed by atoms with Crippen molar-refractivity contribution in [3.05, 3.63) is 54.1 Å². The molecule has 2 aliphatic heterocycles. The van der Waals surface area contributed by atoms with E-state index >= 15 is 0 Å². The van der Waals surface area contributed by atoms with E-state index in [2.05, 4.69) is 39.5 Å². The number of thiazole rings is 1. The fraction of sp³-hybridized carbons (Fsp3) is 0.417. The fourth-order valence-electron chi connectivity index (χ4n) is 4.28. The van der Waals surface area contributed by atoms with Crippen LogP contribution in [0.2, 0.25) is 0 Å². The van der Waals surface area contributed by atoms with Crippen LogP contribution in [0.15, 0.2) is 48.5 Å². The number of fused-ring (bicyclic) bond motifs is 1. The number of hydrogen-bond acceptors (Lipinski definition) is 5. The summed E-state index contributed by atoms with van der Waals surface area (Å²) in [6.45, 7) is 3.61. The second-order valence-electron chi connectivity index (χ2n) is 8.32. The van der Waals surface area contributed by atoms with E-state index < -0.39 is 0 Å². The average Bonchev–Trinajstić information content (AvgIpc) is 3.46. The molecule has 5 rings (SSSR count). The molecule has 31 heavy (non-hydrogen) atoms. The molecule has 1 atom stereocenters. The summed E-state index contributed by atoms with van der Waals surface area (Å²) in [6, 6.07) is 16.8. The molecule has 2 aromatic carbocycles. The maximum atomic E-state index is 12.2. The number of nitrogens with zero attached hydrogens (tertiary/aromatic N) is 1. The number of piperidine rings is 1. The van der Waals surface area contributed by atoms with Crippen LogP contribution < -0.4 is 15.0 Å². The number of H-pyrrole nitrogens is 1. The average molecular weight is 439 g/mol. The smallest absolute Gasteiger partial charge is 0.397 e. The highest BCUT2D eigenvalue weighted by atomic mass is 32.1. The minimum Gasteiger partial charge on any atom is -0.397 e. The Kier molecular flexibility index (Phi) is 6.15. The van der Waals surface area contributed by atoms with Crippen molar-refractivity contribution >= 4 is 27.5 Å². The van der Waals surface area contributed by atoms with Crippen molar-refractivity contribution in [2.24, 2.45) is 0 Å². The monoisotopic (exact) mass is 438 g/mol. The highest BCUT2D eigenvalue weighted by Crippen LogP contribution is 2.28. The molecule has 0 bridgehead atoms. The summed E-state index contributed by atoms with van der Waals surface area (Å²) in [5.74, 6) is 0.907. The number of rotatable bonds is 6. The van der Waals surface area contributed by atoms with Gasteiger partial charge < -0.3 is 14.8 Å². The van der Waals surface area contributed by atoms with Gasteiger partial charge in [-0.25, -0.2) is 0 Å². The molecule has 1 aromatic heterocycles. The minimum atomic E-state index is -0.232. The van der Waals surface area contributed by atoms with Gasteiger partial charge in [0.2, 0.25) is 11.4 Å². The molecule has 2 aliphatic rings. The standard InChI is InChI=1S/C24H27N3O3S/c28-23(21-5-3-15-29-21)25-18-11-13-27(14-12-18)16-17-7-9-19(10-8-17)30-24-26-20-4-1-2-6-22(20)31-24/h1-2,4,6-10,18,21H,3,5,11-16H2,(H,25,28)/p+1. The summed E-state index contributed by atoms with van der Waals surface area (Å²) >= 11 is 1.61. The van der Waals surface area contributed by atoms with E-state index in [9.17, 15) is 4.79 Å². The van der Waals surface area contributed by atoms with Crippen LogP contribution in [-0.2, 0) is 16.1 Å². The molecule has 2 saturated heterocycles. The van der Waals surface area contributed by atoms with Crippen molar-refractivity contribution < 1.29 is 19.3 Å². The van der Waals surface area contributed by atoms with Crippen molar-refractivity contribution in [1.82, 2.24) is 10.2 Å². The van der Waals surface area contributed by atoms with Gasteiger partial charge in [0.05, 0.1) is 0 Å². The maximum absolute atomic E-state index is 12.2. The molecule has 3 aromatic rings. The number of hydrogen-bond donors (Lipinski definition) is 1. The Hall–Kier alpha value is -2.48. The van der Waals surface area contributed by atoms with Crippen molar-refractivity contribution in [3.63, 3.8) is 0 Å². The van der Waals surface area contributed by atoms with E-state index in [1.165, 1.54) is 10.3 Å². The fourth-order valence-corrected chi connectivity index (χ4v) is 5.16. The summed E-state index contributed by atoms with van der Waals surface area (Å²) in [7, 11) is 0. The number of aromatic amines is 1. The van der Waals surface area contributed by atoms with E-state index in [4.69, 9.17) is 9.47 Å². The van der Waals surface area contributed by atoms with Gasteiger partial charge in [0.15, 0.2) is 0 Å². The van der Waals surface area contributed by atoms with Crippen molar-refractivity contribution in [3.8, 4) is 10.9 Å². The van der Waals surface area contributed by atoms with Crippen molar-refractivity contribution in [2.45, 2.75) is 44.4 Å². The van der Waals surface area contributed by atoms with Gasteiger partial charge in [-0.05, 0) is 60.8 Å². The van der Waals surface area contributed by atoms with Crippen LogP contribution in [0.5, 0.6) is 10.9 Å². The first-order chi connectivity index (χ1) is 15.2. The first-order valence-electron chi connectivity index (χ1n) is 11.0. The Morgan fingerprint density at radius 1 is 1.13 bits per heavy atom. The zero-order chi connectivity index (χ0) is 21.0. The Balaban J connectivity index is 1.10. The van der Waals surface area contributed by atoms with Crippen LogP contribution in [0.1, 0.15) is 31.2 Å². The van der Waals surface area contributed by atoms with E-state index in [0.29, 0.717) is 6.61 Å². The SMILES string of the molecule is O=C(NC1CCN(Cc2ccc(Oc3[nH+]c4ccccc4s3)cc2)CC1)C1CCCO1. The number of ether oxygens (including phenoxy) is 2. The molecule has 0 aliphatic carbocycles. The lowest BCUT2D eigenvalue weighted by molar-refractivity contribution is -0.352. The molecule has 7 heteroatoms. The van der Waals surface area contributed by atoms with Crippen molar-refractivity contribution in [2.75, 3.05) is 19.7 Å². The number of carbonyl (C=O) groups is 1. The predicted molar refractivity (Wildman–Crippen MR) is 120 cm³/mol. The molecule has 3 heterocycles. The van der Waals surface area contributed by atoms with Crippen molar-refractivity contribution in [1.29, 1.82) is 0 Å².